The summed E-state index contributed by atoms with van der Waals surface area (Å²) in [6.07, 6.45) is 2.93. The molecule has 23 heavy (non-hydrogen) atoms. The molecule has 2 heterocycles. The first-order valence-electron chi connectivity index (χ1n) is 7.20. The number of benzene rings is 1. The van der Waals surface area contributed by atoms with Gasteiger partial charge in [0.2, 0.25) is 5.91 Å². The van der Waals surface area contributed by atoms with Crippen LogP contribution in [0.1, 0.15) is 19.5 Å². The summed E-state index contributed by atoms with van der Waals surface area (Å²) in [5.74, 6) is -1.18. The Hall–Kier alpha value is -2.76. The Balaban J connectivity index is 2.29. The van der Waals surface area contributed by atoms with Gasteiger partial charge in [0.25, 0.3) is 0 Å². The number of amides is 1. The number of carbonyl (C=O) groups is 1. The SMILES string of the molecule is C/C=C(C1=NCC(=O)Nc2c1[nH]c1ccc(F)cc21)\C(F)=C/C. The van der Waals surface area contributed by atoms with Crippen LogP contribution in [0.2, 0.25) is 0 Å². The molecular weight excluding hydrogens is 300 g/mol. The minimum Gasteiger partial charge on any atom is -0.351 e. The quantitative estimate of drug-likeness (QED) is 0.812. The molecule has 0 aliphatic carbocycles. The Morgan fingerprint density at radius 3 is 2.78 bits per heavy atom. The van der Waals surface area contributed by atoms with Crippen molar-refractivity contribution in [2.45, 2.75) is 13.8 Å². The maximum atomic E-state index is 14.2. The number of anilines is 1. The lowest BCUT2D eigenvalue weighted by Crippen LogP contribution is -2.13. The molecule has 1 aliphatic heterocycles. The van der Waals surface area contributed by atoms with E-state index in [0.29, 0.717) is 28.0 Å². The van der Waals surface area contributed by atoms with Gasteiger partial charge in [-0.25, -0.2) is 8.78 Å². The summed E-state index contributed by atoms with van der Waals surface area (Å²) in [4.78, 5) is 19.2. The third-order valence-electron chi connectivity index (χ3n) is 3.70. The van der Waals surface area contributed by atoms with Crippen LogP contribution in [0, 0.1) is 5.82 Å². The van der Waals surface area contributed by atoms with Crippen molar-refractivity contribution in [3.63, 3.8) is 0 Å². The summed E-state index contributed by atoms with van der Waals surface area (Å²) in [6, 6.07) is 4.22. The van der Waals surface area contributed by atoms with Gasteiger partial charge >= 0.3 is 0 Å². The number of fused-ring (bicyclic) bond motifs is 3. The lowest BCUT2D eigenvalue weighted by Gasteiger charge is -2.08. The number of hydrogen-bond donors (Lipinski definition) is 2. The average molecular weight is 315 g/mol. The fourth-order valence-corrected chi connectivity index (χ4v) is 2.64. The van der Waals surface area contributed by atoms with Gasteiger partial charge in [-0.05, 0) is 32.0 Å². The molecule has 1 amide bonds. The first-order valence-corrected chi connectivity index (χ1v) is 7.20. The van der Waals surface area contributed by atoms with E-state index < -0.39 is 11.6 Å². The fraction of sp³-hybridized carbons (Fsp3) is 0.176. The normalized spacial score (nSPS) is 16.0. The zero-order chi connectivity index (χ0) is 16.6. The number of hydrogen-bond acceptors (Lipinski definition) is 2. The number of nitrogens with one attached hydrogen (secondary N) is 2. The second-order valence-corrected chi connectivity index (χ2v) is 5.12. The van der Waals surface area contributed by atoms with E-state index in [0.717, 1.165) is 0 Å². The van der Waals surface area contributed by atoms with Crippen LogP contribution in [-0.4, -0.2) is 23.1 Å². The minimum atomic E-state index is -0.434. The number of nitrogens with zero attached hydrogens (tertiary/aromatic N) is 1. The molecule has 0 saturated carbocycles. The topological polar surface area (TPSA) is 57.2 Å². The summed E-state index contributed by atoms with van der Waals surface area (Å²) in [6.45, 7) is 3.16. The molecule has 2 N–H and O–H groups in total. The first-order chi connectivity index (χ1) is 11.0. The van der Waals surface area contributed by atoms with Gasteiger partial charge in [-0.3, -0.25) is 9.79 Å². The molecule has 1 aliphatic rings. The highest BCUT2D eigenvalue weighted by molar-refractivity contribution is 6.23. The Bertz CT molecular complexity index is 891. The summed E-state index contributed by atoms with van der Waals surface area (Å²) in [7, 11) is 0. The lowest BCUT2D eigenvalue weighted by atomic mass is 10.0. The van der Waals surface area contributed by atoms with E-state index in [-0.39, 0.29) is 18.0 Å². The molecule has 0 radical (unpaired) electrons. The number of carbonyl (C=O) groups excluding carboxylic acids is 1. The second kappa shape index (κ2) is 5.79. The van der Waals surface area contributed by atoms with Crippen LogP contribution in [0.5, 0.6) is 0 Å². The Labute approximate surface area is 131 Å². The van der Waals surface area contributed by atoms with Gasteiger partial charge < -0.3 is 10.3 Å². The molecule has 0 unspecified atom stereocenters. The summed E-state index contributed by atoms with van der Waals surface area (Å²) >= 11 is 0. The highest BCUT2D eigenvalue weighted by Gasteiger charge is 2.25. The van der Waals surface area contributed by atoms with Crippen LogP contribution in [0.4, 0.5) is 14.5 Å². The van der Waals surface area contributed by atoms with E-state index in [2.05, 4.69) is 15.3 Å². The van der Waals surface area contributed by atoms with Crippen LogP contribution >= 0.6 is 0 Å². The van der Waals surface area contributed by atoms with Crippen molar-refractivity contribution in [1.29, 1.82) is 0 Å². The molecule has 118 valence electrons. The summed E-state index contributed by atoms with van der Waals surface area (Å²) in [5.41, 5.74) is 2.17. The van der Waals surface area contributed by atoms with Crippen LogP contribution in [0.25, 0.3) is 10.9 Å². The van der Waals surface area contributed by atoms with Gasteiger partial charge in [-0.1, -0.05) is 12.2 Å². The minimum absolute atomic E-state index is 0.122. The van der Waals surface area contributed by atoms with E-state index in [1.165, 1.54) is 18.2 Å². The fourth-order valence-electron chi connectivity index (χ4n) is 2.64. The molecule has 1 aromatic heterocycles. The lowest BCUT2D eigenvalue weighted by molar-refractivity contribution is -0.114. The van der Waals surface area contributed by atoms with E-state index in [4.69, 9.17) is 0 Å². The molecular formula is C17H15F2N3O. The predicted octanol–water partition coefficient (Wildman–Crippen LogP) is 3.87. The molecule has 0 atom stereocenters. The monoisotopic (exact) mass is 315 g/mol. The smallest absolute Gasteiger partial charge is 0.246 e. The number of H-pyrrole nitrogens is 1. The molecule has 0 saturated heterocycles. The van der Waals surface area contributed by atoms with Crippen molar-refractivity contribution in [3.05, 3.63) is 53.3 Å². The van der Waals surface area contributed by atoms with Gasteiger partial charge in [0.05, 0.1) is 17.1 Å². The average Bonchev–Trinajstić information content (AvgIpc) is 2.79. The summed E-state index contributed by atoms with van der Waals surface area (Å²) in [5, 5.41) is 3.25. The van der Waals surface area contributed by atoms with Gasteiger partial charge in [0.1, 0.15) is 18.2 Å². The second-order valence-electron chi connectivity index (χ2n) is 5.12. The van der Waals surface area contributed by atoms with Gasteiger partial charge in [0, 0.05) is 16.5 Å². The molecule has 3 rings (SSSR count). The van der Waals surface area contributed by atoms with Crippen molar-refractivity contribution in [2.75, 3.05) is 11.9 Å². The van der Waals surface area contributed by atoms with Crippen molar-refractivity contribution in [1.82, 2.24) is 4.98 Å². The maximum Gasteiger partial charge on any atom is 0.246 e. The number of aliphatic imine (C=N–C) groups is 1. The van der Waals surface area contributed by atoms with Gasteiger partial charge in [0.15, 0.2) is 0 Å². The highest BCUT2D eigenvalue weighted by atomic mass is 19.1. The van der Waals surface area contributed by atoms with Crippen LogP contribution in [0.15, 0.2) is 46.7 Å². The van der Waals surface area contributed by atoms with E-state index in [1.807, 2.05) is 0 Å². The van der Waals surface area contributed by atoms with Crippen molar-refractivity contribution in [2.24, 2.45) is 4.99 Å². The number of halogens is 2. The zero-order valence-corrected chi connectivity index (χ0v) is 12.7. The van der Waals surface area contributed by atoms with E-state index >= 15 is 0 Å². The van der Waals surface area contributed by atoms with Crippen molar-refractivity contribution < 1.29 is 13.6 Å². The third-order valence-corrected chi connectivity index (χ3v) is 3.70. The molecule has 0 fully saturated rings. The van der Waals surface area contributed by atoms with Crippen molar-refractivity contribution in [3.8, 4) is 0 Å². The Kier molecular flexibility index (Phi) is 3.82. The summed E-state index contributed by atoms with van der Waals surface area (Å²) < 4.78 is 27.7. The molecule has 1 aromatic carbocycles. The Morgan fingerprint density at radius 2 is 2.09 bits per heavy atom. The third kappa shape index (κ3) is 2.56. The zero-order valence-electron chi connectivity index (χ0n) is 12.7. The predicted molar refractivity (Wildman–Crippen MR) is 86.9 cm³/mol. The van der Waals surface area contributed by atoms with Crippen LogP contribution < -0.4 is 5.32 Å². The highest BCUT2D eigenvalue weighted by Crippen LogP contribution is 2.33. The van der Waals surface area contributed by atoms with Crippen LogP contribution in [-0.2, 0) is 4.79 Å². The first kappa shape index (κ1) is 15.1. The molecule has 4 nitrogen and oxygen atoms in total. The molecule has 2 aromatic rings. The maximum absolute atomic E-state index is 14.2. The number of allylic oxidation sites excluding steroid dienone is 4. The molecule has 0 spiro atoms. The van der Waals surface area contributed by atoms with E-state index in [9.17, 15) is 13.6 Å². The number of rotatable bonds is 2. The number of aromatic amines is 1. The molecule has 0 bridgehead atoms. The largest absolute Gasteiger partial charge is 0.351 e. The van der Waals surface area contributed by atoms with Gasteiger partial charge in [-0.15, -0.1) is 0 Å². The molecule has 6 heteroatoms. The number of aromatic nitrogens is 1. The van der Waals surface area contributed by atoms with E-state index in [1.54, 1.807) is 26.0 Å². The standard InChI is InChI=1S/C17H15F2N3O/c1-3-10(12(19)4-2)15-17-16(22-14(23)8-20-15)11-7-9(18)5-6-13(11)21-17/h3-7,21H,8H2,1-2H3,(H,22,23)/b10-3+,12-4+. The van der Waals surface area contributed by atoms with Crippen molar-refractivity contribution >= 4 is 28.2 Å². The van der Waals surface area contributed by atoms with Gasteiger partial charge in [-0.2, -0.15) is 0 Å². The Morgan fingerprint density at radius 1 is 1.30 bits per heavy atom. The van der Waals surface area contributed by atoms with Crippen LogP contribution in [0.3, 0.4) is 0 Å².